The molecule has 2 aliphatic rings. The van der Waals surface area contributed by atoms with E-state index in [1.165, 1.54) is 224 Å². The van der Waals surface area contributed by atoms with Gasteiger partial charge in [-0.05, 0) is 0 Å². The van der Waals surface area contributed by atoms with Crippen molar-refractivity contribution in [3.05, 3.63) is 46.5 Å². The van der Waals surface area contributed by atoms with Crippen molar-refractivity contribution >= 4 is 77.2 Å². The van der Waals surface area contributed by atoms with Crippen LogP contribution in [0, 0.1) is 0 Å². The third-order valence-electron chi connectivity index (χ3n) is 17.3. The van der Waals surface area contributed by atoms with E-state index >= 15 is 0 Å². The minimum absolute atomic E-state index is 0.329. The fourth-order valence-corrected chi connectivity index (χ4v) is 15.7. The summed E-state index contributed by atoms with van der Waals surface area (Å²) >= 11 is -0.721. The molecule has 2 heterocycles. The molecule has 0 unspecified atom stereocenters. The Bertz CT molecular complexity index is 2210. The van der Waals surface area contributed by atoms with Crippen LogP contribution in [0.1, 0.15) is 281 Å². The van der Waals surface area contributed by atoms with Crippen LogP contribution in [-0.2, 0) is 10.8 Å². The number of rotatable bonds is 38. The molecule has 5 aromatic rings. The van der Waals surface area contributed by atoms with E-state index in [0.29, 0.717) is 22.0 Å². The number of nitrogens with zero attached hydrogens (tertiary/aromatic N) is 4. The monoisotopic (exact) mass is 1110 g/mol. The molecule has 0 amide bonds. The summed E-state index contributed by atoms with van der Waals surface area (Å²) in [5, 5.41) is 44.4. The van der Waals surface area contributed by atoms with Gasteiger partial charge in [0.15, 0.2) is 0 Å². The van der Waals surface area contributed by atoms with Crippen LogP contribution in [0.25, 0.3) is 44.3 Å². The predicted octanol–water partition coefficient (Wildman–Crippen LogP) is 13.7. The summed E-state index contributed by atoms with van der Waals surface area (Å²) in [5.74, 6) is 0. The van der Waals surface area contributed by atoms with Gasteiger partial charge in [0.1, 0.15) is 0 Å². The van der Waals surface area contributed by atoms with Crippen molar-refractivity contribution in [3.63, 3.8) is 0 Å². The second-order valence-electron chi connectivity index (χ2n) is 22.5. The molecule has 0 spiro atoms. The Morgan fingerprint density at radius 2 is 0.583 bits per heavy atom. The molecule has 0 aliphatic heterocycles. The molecule has 2 aromatic heterocycles. The van der Waals surface area contributed by atoms with Crippen LogP contribution in [0.5, 0.6) is 0 Å². The van der Waals surface area contributed by atoms with E-state index in [9.17, 15) is 20.1 Å². The average molecular weight is 1110 g/mol. The first-order chi connectivity index (χ1) is 35.3. The van der Waals surface area contributed by atoms with Crippen molar-refractivity contribution in [1.82, 2.24) is 15.9 Å². The topological polar surface area (TPSA) is 132 Å². The van der Waals surface area contributed by atoms with Crippen molar-refractivity contribution in [2.24, 2.45) is 0 Å². The van der Waals surface area contributed by atoms with Crippen molar-refractivity contribution in [3.8, 4) is 22.3 Å². The molecule has 12 heteroatoms. The van der Waals surface area contributed by atoms with Crippen LogP contribution in [0.3, 0.4) is 0 Å². The number of hydrogen-bond acceptors (Lipinski definition) is 8. The Morgan fingerprint density at radius 3 is 0.847 bits per heavy atom. The van der Waals surface area contributed by atoms with E-state index < -0.39 is 14.2 Å². The number of aromatic nitrogens is 4. The Balaban J connectivity index is 1.38. The van der Waals surface area contributed by atoms with Crippen LogP contribution in [-0.4, -0.2) is 80.2 Å². The van der Waals surface area contributed by atoms with Crippen LogP contribution in [0.15, 0.2) is 24.3 Å². The molecule has 4 N–H and O–H groups in total. The van der Waals surface area contributed by atoms with Gasteiger partial charge in [-0.1, -0.05) is 79.1 Å². The van der Waals surface area contributed by atoms with Gasteiger partial charge in [0.05, 0.1) is 0 Å². The first-order valence-electron chi connectivity index (χ1n) is 29.8. The third-order valence-corrected chi connectivity index (χ3v) is 19.5. The van der Waals surface area contributed by atoms with E-state index in [-0.39, 0.29) is 40.8 Å². The molecular weight excluding hydrogens is 1020 g/mol. The van der Waals surface area contributed by atoms with Crippen LogP contribution in [0.2, 0.25) is 0 Å². The van der Waals surface area contributed by atoms with Gasteiger partial charge >= 0.3 is 373 Å². The Labute approximate surface area is 448 Å². The Kier molecular flexibility index (Phi) is 23.5. The SMILES string of the molecule is CCCCCCCCCCC1(CCCCCCCCCC)c2cc3c(cc2-c2c1cc(B(O)O)c1n[se]nc21)C(CCCCCCCCCC)(CCCCCCCCCC)c1cc(B(O)O)c2n[se]nc2c1-3. The van der Waals surface area contributed by atoms with Gasteiger partial charge in [-0.15, -0.1) is 0 Å². The van der Waals surface area contributed by atoms with Gasteiger partial charge in [0, 0.05) is 0 Å². The van der Waals surface area contributed by atoms with Gasteiger partial charge < -0.3 is 0 Å². The fourth-order valence-electron chi connectivity index (χ4n) is 13.3. The normalized spacial score (nSPS) is 14.1. The summed E-state index contributed by atoms with van der Waals surface area (Å²) in [5.41, 5.74) is 13.5. The fraction of sp³-hybridized carbons (Fsp3) is 0.700. The molecule has 72 heavy (non-hydrogen) atoms. The number of benzene rings is 3. The summed E-state index contributed by atoms with van der Waals surface area (Å²) in [6.07, 6.45) is 44.2. The van der Waals surface area contributed by atoms with Gasteiger partial charge in [-0.25, -0.2) is 0 Å². The number of fused-ring (bicyclic) bond motifs is 10. The standard InChI is InChI=1S/C60H92B2N4O4Se2/c1-5-9-13-17-21-25-29-33-37-59(38-34-30-26-22-18-14-10-6-2)47-41-46-48(42-45(47)53-49(59)43-51(61(67)68)55-57(53)65-71-63-55)60(39-35-31-27-23-19-15-11-7-3,40-36-32-28-24-20-16-12-8-4)50-44-52(62(69)70)56-58(54(46)50)66-72-64-56/h41-44,67-70H,5-40H2,1-4H3. The Hall–Kier alpha value is -2.13. The minimum atomic E-state index is -1.63. The molecule has 394 valence electrons. The van der Waals surface area contributed by atoms with Gasteiger partial charge in [-0.3, -0.25) is 0 Å². The van der Waals surface area contributed by atoms with E-state index in [2.05, 4.69) is 52.0 Å². The summed E-state index contributed by atoms with van der Waals surface area (Å²) in [7, 11) is -3.25. The zero-order chi connectivity index (χ0) is 50.8. The third kappa shape index (κ3) is 13.5. The van der Waals surface area contributed by atoms with E-state index in [1.807, 2.05) is 0 Å². The average Bonchev–Trinajstić information content (AvgIpc) is 4.17. The number of unbranched alkanes of at least 4 members (excludes halogenated alkanes) is 28. The summed E-state index contributed by atoms with van der Waals surface area (Å²) in [4.78, 5) is 0. The van der Waals surface area contributed by atoms with E-state index in [4.69, 9.17) is 15.9 Å². The van der Waals surface area contributed by atoms with Crippen molar-refractivity contribution in [2.45, 2.75) is 270 Å². The maximum atomic E-state index is 11.1. The Morgan fingerprint density at radius 1 is 0.333 bits per heavy atom. The predicted molar refractivity (Wildman–Crippen MR) is 308 cm³/mol. The van der Waals surface area contributed by atoms with Crippen LogP contribution in [0.4, 0.5) is 0 Å². The molecule has 0 atom stereocenters. The van der Waals surface area contributed by atoms with Crippen molar-refractivity contribution < 1.29 is 20.1 Å². The number of hydrogen-bond donors (Lipinski definition) is 4. The molecule has 0 bridgehead atoms. The maximum absolute atomic E-state index is 11.1. The summed E-state index contributed by atoms with van der Waals surface area (Å²) in [6.45, 7) is 9.17. The van der Waals surface area contributed by atoms with E-state index in [0.717, 1.165) is 62.4 Å². The van der Waals surface area contributed by atoms with Gasteiger partial charge in [-0.2, -0.15) is 0 Å². The molecule has 3 aromatic carbocycles. The zero-order valence-corrected chi connectivity index (χ0v) is 48.7. The van der Waals surface area contributed by atoms with Gasteiger partial charge in [0.25, 0.3) is 0 Å². The van der Waals surface area contributed by atoms with Crippen molar-refractivity contribution in [2.75, 3.05) is 0 Å². The van der Waals surface area contributed by atoms with Crippen molar-refractivity contribution in [1.29, 1.82) is 0 Å². The molecular formula is C60H92B2N4O4Se2. The molecule has 8 nitrogen and oxygen atoms in total. The molecule has 2 aliphatic carbocycles. The van der Waals surface area contributed by atoms with Crippen LogP contribution >= 0.6 is 0 Å². The molecule has 0 saturated carbocycles. The second kappa shape index (κ2) is 29.4. The molecule has 0 fully saturated rings. The van der Waals surface area contributed by atoms with Crippen LogP contribution < -0.4 is 10.9 Å². The molecule has 7 rings (SSSR count). The van der Waals surface area contributed by atoms with E-state index in [1.54, 1.807) is 0 Å². The summed E-state index contributed by atoms with van der Waals surface area (Å²) < 4.78 is 20.2. The first kappa shape index (κ1) is 57.6. The molecule has 0 radical (unpaired) electrons. The van der Waals surface area contributed by atoms with Gasteiger partial charge in [0.2, 0.25) is 0 Å². The molecule has 0 saturated heterocycles. The second-order valence-corrected chi connectivity index (χ2v) is 24.7. The quantitative estimate of drug-likeness (QED) is 0.0227. The summed E-state index contributed by atoms with van der Waals surface area (Å²) in [6, 6.07) is 9.50. The first-order valence-corrected chi connectivity index (χ1v) is 32.9. The zero-order valence-electron chi connectivity index (χ0n) is 45.3.